The fourth-order valence-corrected chi connectivity index (χ4v) is 2.77. The molecule has 0 aliphatic carbocycles. The zero-order chi connectivity index (χ0) is 19.1. The summed E-state index contributed by atoms with van der Waals surface area (Å²) >= 11 is 0. The van der Waals surface area contributed by atoms with E-state index in [-0.39, 0.29) is 17.3 Å². The fourth-order valence-electron chi connectivity index (χ4n) is 2.77. The normalized spacial score (nSPS) is 14.6. The summed E-state index contributed by atoms with van der Waals surface area (Å²) in [6.45, 7) is 4.43. The van der Waals surface area contributed by atoms with Gasteiger partial charge in [0.05, 0.1) is 25.2 Å². The minimum absolute atomic E-state index is 0.122. The number of anilines is 3. The van der Waals surface area contributed by atoms with Crippen LogP contribution >= 0.6 is 0 Å². The van der Waals surface area contributed by atoms with Gasteiger partial charge in [0.15, 0.2) is 0 Å². The van der Waals surface area contributed by atoms with Gasteiger partial charge in [-0.25, -0.2) is 9.97 Å². The minimum Gasteiger partial charge on any atom is -0.497 e. The van der Waals surface area contributed by atoms with Crippen LogP contribution in [-0.4, -0.2) is 66.3 Å². The molecular formula is C17H22N6O4. The van der Waals surface area contributed by atoms with Crippen LogP contribution < -0.4 is 15.4 Å². The Kier molecular flexibility index (Phi) is 6.34. The Morgan fingerprint density at radius 1 is 1.30 bits per heavy atom. The molecule has 0 atom stereocenters. The zero-order valence-corrected chi connectivity index (χ0v) is 15.1. The molecule has 1 saturated heterocycles. The van der Waals surface area contributed by atoms with Crippen LogP contribution in [0.2, 0.25) is 0 Å². The van der Waals surface area contributed by atoms with E-state index in [4.69, 9.17) is 9.47 Å². The van der Waals surface area contributed by atoms with Crippen molar-refractivity contribution in [1.82, 2.24) is 14.9 Å². The summed E-state index contributed by atoms with van der Waals surface area (Å²) < 4.78 is 10.5. The number of benzene rings is 1. The maximum absolute atomic E-state index is 11.6. The van der Waals surface area contributed by atoms with E-state index < -0.39 is 4.92 Å². The molecule has 1 aliphatic heterocycles. The van der Waals surface area contributed by atoms with Gasteiger partial charge in [0.1, 0.15) is 12.1 Å². The van der Waals surface area contributed by atoms with E-state index in [1.807, 2.05) is 0 Å². The number of methoxy groups -OCH3 is 1. The molecule has 1 aromatic heterocycles. The average Bonchev–Trinajstić information content (AvgIpc) is 2.69. The van der Waals surface area contributed by atoms with E-state index in [1.54, 1.807) is 31.4 Å². The smallest absolute Gasteiger partial charge is 0.353 e. The molecule has 0 spiro atoms. The summed E-state index contributed by atoms with van der Waals surface area (Å²) in [5.74, 6) is 0.950. The van der Waals surface area contributed by atoms with Gasteiger partial charge in [0.2, 0.25) is 11.6 Å². The van der Waals surface area contributed by atoms with Crippen molar-refractivity contribution in [3.63, 3.8) is 0 Å². The SMILES string of the molecule is COc1cccc(Nc2ncnc(NCCN3CCOCC3)c2[N+](=O)[O-])c1. The topological polar surface area (TPSA) is 115 Å². The van der Waals surface area contributed by atoms with Crippen molar-refractivity contribution in [2.45, 2.75) is 0 Å². The predicted molar refractivity (Wildman–Crippen MR) is 101 cm³/mol. The van der Waals surface area contributed by atoms with Crippen LogP contribution in [0, 0.1) is 10.1 Å². The lowest BCUT2D eigenvalue weighted by Gasteiger charge is -2.26. The molecule has 3 rings (SSSR count). The highest BCUT2D eigenvalue weighted by molar-refractivity contribution is 5.74. The monoisotopic (exact) mass is 374 g/mol. The van der Waals surface area contributed by atoms with Crippen molar-refractivity contribution in [2.24, 2.45) is 0 Å². The second kappa shape index (κ2) is 9.10. The number of morpholine rings is 1. The van der Waals surface area contributed by atoms with Crippen LogP contribution in [0.4, 0.5) is 23.0 Å². The van der Waals surface area contributed by atoms with Crippen molar-refractivity contribution in [2.75, 3.05) is 57.1 Å². The summed E-state index contributed by atoms with van der Waals surface area (Å²) in [6, 6.07) is 7.09. The standard InChI is InChI=1S/C17H22N6O4/c1-26-14-4-2-3-13(11-14)21-17-15(23(24)25)16(19-12-20-17)18-5-6-22-7-9-27-10-8-22/h2-4,11-12H,5-10H2,1H3,(H2,18,19,20,21). The first-order valence-corrected chi connectivity index (χ1v) is 8.62. The lowest BCUT2D eigenvalue weighted by molar-refractivity contribution is -0.383. The second-order valence-corrected chi connectivity index (χ2v) is 5.91. The van der Waals surface area contributed by atoms with Crippen LogP contribution in [0.25, 0.3) is 0 Å². The van der Waals surface area contributed by atoms with Crippen molar-refractivity contribution < 1.29 is 14.4 Å². The minimum atomic E-state index is -0.487. The van der Waals surface area contributed by atoms with E-state index >= 15 is 0 Å². The highest BCUT2D eigenvalue weighted by atomic mass is 16.6. The Hall–Kier alpha value is -2.98. The van der Waals surface area contributed by atoms with Gasteiger partial charge in [-0.2, -0.15) is 0 Å². The van der Waals surface area contributed by atoms with Crippen LogP contribution in [0.3, 0.4) is 0 Å². The first-order chi connectivity index (χ1) is 13.2. The fraction of sp³-hybridized carbons (Fsp3) is 0.412. The van der Waals surface area contributed by atoms with Gasteiger partial charge in [-0.3, -0.25) is 15.0 Å². The van der Waals surface area contributed by atoms with Gasteiger partial charge in [0.25, 0.3) is 0 Å². The number of hydrogen-bond acceptors (Lipinski definition) is 9. The summed E-state index contributed by atoms with van der Waals surface area (Å²) in [6.07, 6.45) is 1.30. The molecule has 0 bridgehead atoms. The Balaban J connectivity index is 1.72. The van der Waals surface area contributed by atoms with Crippen molar-refractivity contribution in [3.05, 3.63) is 40.7 Å². The van der Waals surface area contributed by atoms with Gasteiger partial charge in [-0.15, -0.1) is 0 Å². The van der Waals surface area contributed by atoms with Gasteiger partial charge >= 0.3 is 5.69 Å². The number of nitrogens with zero attached hydrogens (tertiary/aromatic N) is 4. The quantitative estimate of drug-likeness (QED) is 0.528. The average molecular weight is 374 g/mol. The molecule has 144 valence electrons. The number of hydrogen-bond donors (Lipinski definition) is 2. The van der Waals surface area contributed by atoms with Gasteiger partial charge in [-0.05, 0) is 12.1 Å². The summed E-state index contributed by atoms with van der Waals surface area (Å²) in [7, 11) is 1.56. The molecule has 0 radical (unpaired) electrons. The highest BCUT2D eigenvalue weighted by Crippen LogP contribution is 2.31. The second-order valence-electron chi connectivity index (χ2n) is 5.91. The molecule has 10 heteroatoms. The first-order valence-electron chi connectivity index (χ1n) is 8.62. The molecular weight excluding hydrogens is 352 g/mol. The molecule has 1 aromatic carbocycles. The van der Waals surface area contributed by atoms with E-state index in [2.05, 4.69) is 25.5 Å². The van der Waals surface area contributed by atoms with Crippen molar-refractivity contribution >= 4 is 23.0 Å². The molecule has 2 aromatic rings. The third-order valence-corrected chi connectivity index (χ3v) is 4.16. The number of aromatic nitrogens is 2. The summed E-state index contributed by atoms with van der Waals surface area (Å²) in [4.78, 5) is 21.4. The summed E-state index contributed by atoms with van der Waals surface area (Å²) in [5.41, 5.74) is 0.442. The van der Waals surface area contributed by atoms with E-state index in [0.29, 0.717) is 31.2 Å². The Bertz CT molecular complexity index is 782. The number of nitro groups is 1. The highest BCUT2D eigenvalue weighted by Gasteiger charge is 2.23. The largest absolute Gasteiger partial charge is 0.497 e. The number of nitrogens with one attached hydrogen (secondary N) is 2. The molecule has 0 amide bonds. The Morgan fingerprint density at radius 3 is 2.81 bits per heavy atom. The number of ether oxygens (including phenoxy) is 2. The molecule has 10 nitrogen and oxygen atoms in total. The molecule has 0 saturated carbocycles. The van der Waals surface area contributed by atoms with Crippen LogP contribution in [-0.2, 0) is 4.74 Å². The van der Waals surface area contributed by atoms with Gasteiger partial charge in [-0.1, -0.05) is 6.07 Å². The lowest BCUT2D eigenvalue weighted by atomic mass is 10.3. The molecule has 27 heavy (non-hydrogen) atoms. The predicted octanol–water partition coefficient (Wildman–Crippen LogP) is 1.88. The Labute approximate surface area is 156 Å². The molecule has 2 heterocycles. The van der Waals surface area contributed by atoms with Crippen LogP contribution in [0.15, 0.2) is 30.6 Å². The molecule has 1 aliphatic rings. The zero-order valence-electron chi connectivity index (χ0n) is 15.1. The van der Waals surface area contributed by atoms with Gasteiger partial charge < -0.3 is 20.1 Å². The maximum Gasteiger partial charge on any atom is 0.353 e. The molecule has 2 N–H and O–H groups in total. The number of rotatable bonds is 8. The maximum atomic E-state index is 11.6. The van der Waals surface area contributed by atoms with Crippen LogP contribution in [0.1, 0.15) is 0 Å². The third kappa shape index (κ3) is 5.02. The van der Waals surface area contributed by atoms with Crippen molar-refractivity contribution in [3.8, 4) is 5.75 Å². The van der Waals surface area contributed by atoms with Crippen LogP contribution in [0.5, 0.6) is 5.75 Å². The van der Waals surface area contributed by atoms with Crippen molar-refractivity contribution in [1.29, 1.82) is 0 Å². The lowest BCUT2D eigenvalue weighted by Crippen LogP contribution is -2.39. The first kappa shape index (κ1) is 18.8. The van der Waals surface area contributed by atoms with E-state index in [9.17, 15) is 10.1 Å². The third-order valence-electron chi connectivity index (χ3n) is 4.16. The summed E-state index contributed by atoms with van der Waals surface area (Å²) in [5, 5.41) is 17.6. The van der Waals surface area contributed by atoms with Gasteiger partial charge in [0, 0.05) is 37.9 Å². The molecule has 1 fully saturated rings. The van der Waals surface area contributed by atoms with E-state index in [1.165, 1.54) is 6.33 Å². The van der Waals surface area contributed by atoms with E-state index in [0.717, 1.165) is 19.6 Å². The molecule has 0 unspecified atom stereocenters. The Morgan fingerprint density at radius 2 is 2.07 bits per heavy atom.